The molecule has 0 saturated heterocycles. The fraction of sp³-hybridized carbons (Fsp3) is 0.231. The first-order valence-electron chi connectivity index (χ1n) is 5.81. The Bertz CT molecular complexity index is 447. The molecule has 0 aliphatic carbocycles. The van der Waals surface area contributed by atoms with Crippen molar-refractivity contribution in [1.82, 2.24) is 15.3 Å². The van der Waals surface area contributed by atoms with Gasteiger partial charge in [0.2, 0.25) is 0 Å². The molecule has 1 rings (SSSR count). The lowest BCUT2D eigenvalue weighted by Crippen LogP contribution is -2.53. The maximum atomic E-state index is 5.75. The van der Waals surface area contributed by atoms with Crippen molar-refractivity contribution >= 4 is 34.7 Å². The molecule has 4 nitrogen and oxygen atoms in total. The number of nitrogens with two attached hydrogens (primary N) is 1. The lowest BCUT2D eigenvalue weighted by atomic mass is 10.2. The minimum absolute atomic E-state index is 0.258. The Morgan fingerprint density at radius 1 is 1.32 bits per heavy atom. The van der Waals surface area contributed by atoms with Gasteiger partial charge in [-0.05, 0) is 30.0 Å². The first kappa shape index (κ1) is 15.4. The molecule has 0 aliphatic rings. The van der Waals surface area contributed by atoms with Gasteiger partial charge in [-0.15, -0.1) is 6.58 Å². The van der Waals surface area contributed by atoms with Crippen LogP contribution in [0.3, 0.4) is 0 Å². The highest BCUT2D eigenvalue weighted by Crippen LogP contribution is 2.08. The SMILES string of the molecule is C=CCN(C(N)=S)N(Cc1ccccc1)C(=S)NC. The Balaban J connectivity index is 2.96. The van der Waals surface area contributed by atoms with Crippen molar-refractivity contribution < 1.29 is 0 Å². The Labute approximate surface area is 124 Å². The van der Waals surface area contributed by atoms with Crippen LogP contribution in [0.1, 0.15) is 5.56 Å². The van der Waals surface area contributed by atoms with Gasteiger partial charge in [0, 0.05) is 7.05 Å². The van der Waals surface area contributed by atoms with Gasteiger partial charge in [-0.25, -0.2) is 0 Å². The van der Waals surface area contributed by atoms with E-state index in [1.165, 1.54) is 0 Å². The highest BCUT2D eigenvalue weighted by molar-refractivity contribution is 7.80. The zero-order valence-electron chi connectivity index (χ0n) is 10.9. The summed E-state index contributed by atoms with van der Waals surface area (Å²) >= 11 is 10.4. The number of thiocarbonyl (C=S) groups is 2. The van der Waals surface area contributed by atoms with Crippen LogP contribution in [0, 0.1) is 0 Å². The summed E-state index contributed by atoms with van der Waals surface area (Å²) < 4.78 is 0. The third-order valence-corrected chi connectivity index (χ3v) is 3.10. The molecule has 1 aromatic carbocycles. The number of rotatable bonds is 4. The number of benzene rings is 1. The predicted molar refractivity (Wildman–Crippen MR) is 87.3 cm³/mol. The smallest absolute Gasteiger partial charge is 0.188 e. The van der Waals surface area contributed by atoms with E-state index >= 15 is 0 Å². The van der Waals surface area contributed by atoms with Crippen molar-refractivity contribution in [2.24, 2.45) is 5.73 Å². The number of nitrogens with zero attached hydrogens (tertiary/aromatic N) is 2. The molecule has 1 aromatic rings. The zero-order chi connectivity index (χ0) is 14.3. The fourth-order valence-corrected chi connectivity index (χ4v) is 1.92. The summed E-state index contributed by atoms with van der Waals surface area (Å²) in [6.45, 7) is 4.80. The second-order valence-corrected chi connectivity index (χ2v) is 4.61. The minimum atomic E-state index is 0.258. The van der Waals surface area contributed by atoms with E-state index < -0.39 is 0 Å². The number of nitrogens with one attached hydrogen (secondary N) is 1. The van der Waals surface area contributed by atoms with Crippen molar-refractivity contribution in [1.29, 1.82) is 0 Å². The van der Waals surface area contributed by atoms with Crippen LogP contribution in [0.2, 0.25) is 0 Å². The molecule has 0 atom stereocenters. The number of hydrogen-bond donors (Lipinski definition) is 2. The van der Waals surface area contributed by atoms with Crippen molar-refractivity contribution in [3.8, 4) is 0 Å². The van der Waals surface area contributed by atoms with Crippen LogP contribution in [0.5, 0.6) is 0 Å². The topological polar surface area (TPSA) is 44.5 Å². The maximum absolute atomic E-state index is 5.75. The average molecular weight is 294 g/mol. The van der Waals surface area contributed by atoms with Crippen molar-refractivity contribution in [2.75, 3.05) is 13.6 Å². The van der Waals surface area contributed by atoms with E-state index in [0.29, 0.717) is 18.2 Å². The first-order chi connectivity index (χ1) is 9.10. The Morgan fingerprint density at radius 3 is 2.42 bits per heavy atom. The van der Waals surface area contributed by atoms with Crippen molar-refractivity contribution in [2.45, 2.75) is 6.54 Å². The number of hydrazine groups is 1. The van der Waals surface area contributed by atoms with Gasteiger partial charge < -0.3 is 11.1 Å². The van der Waals surface area contributed by atoms with Crippen LogP contribution in [0.25, 0.3) is 0 Å². The van der Waals surface area contributed by atoms with Crippen LogP contribution in [0.4, 0.5) is 0 Å². The molecule has 0 aliphatic heterocycles. The molecular formula is C13H18N4S2. The van der Waals surface area contributed by atoms with Gasteiger partial charge in [-0.2, -0.15) is 0 Å². The van der Waals surface area contributed by atoms with Crippen LogP contribution in [0.15, 0.2) is 43.0 Å². The molecule has 19 heavy (non-hydrogen) atoms. The second kappa shape index (κ2) is 7.70. The van der Waals surface area contributed by atoms with Gasteiger partial charge in [-0.1, -0.05) is 36.4 Å². The summed E-state index contributed by atoms with van der Waals surface area (Å²) in [5.41, 5.74) is 6.87. The zero-order valence-corrected chi connectivity index (χ0v) is 12.5. The maximum Gasteiger partial charge on any atom is 0.188 e. The fourth-order valence-electron chi connectivity index (χ4n) is 1.58. The second-order valence-electron chi connectivity index (χ2n) is 3.81. The van der Waals surface area contributed by atoms with Crippen LogP contribution < -0.4 is 11.1 Å². The molecule has 0 bridgehead atoms. The molecule has 0 amide bonds. The van der Waals surface area contributed by atoms with Gasteiger partial charge in [0.25, 0.3) is 0 Å². The summed E-state index contributed by atoms with van der Waals surface area (Å²) in [7, 11) is 1.77. The molecule has 102 valence electrons. The summed E-state index contributed by atoms with van der Waals surface area (Å²) in [6.07, 6.45) is 1.73. The Kier molecular flexibility index (Phi) is 6.24. The van der Waals surface area contributed by atoms with E-state index in [9.17, 15) is 0 Å². The van der Waals surface area contributed by atoms with E-state index in [2.05, 4.69) is 11.9 Å². The molecule has 6 heteroatoms. The molecule has 3 N–H and O–H groups in total. The molecule has 0 radical (unpaired) electrons. The summed E-state index contributed by atoms with van der Waals surface area (Å²) in [5, 5.41) is 7.30. The van der Waals surface area contributed by atoms with Gasteiger partial charge in [-0.3, -0.25) is 10.0 Å². The summed E-state index contributed by atoms with van der Waals surface area (Å²) in [6, 6.07) is 9.98. The Hall–Kier alpha value is -1.66. The molecule has 0 unspecified atom stereocenters. The monoisotopic (exact) mass is 294 g/mol. The standard InChI is InChI=1S/C13H18N4S2/c1-3-9-16(12(14)18)17(13(19)15-2)10-11-7-5-4-6-8-11/h3-8H,1,9-10H2,2H3,(H2,14,18)(H,15,19). The third kappa shape index (κ3) is 4.50. The molecule has 0 saturated carbocycles. The van der Waals surface area contributed by atoms with Crippen LogP contribution in [-0.2, 0) is 6.54 Å². The largest absolute Gasteiger partial charge is 0.375 e. The molecule has 0 fully saturated rings. The van der Waals surface area contributed by atoms with E-state index in [1.807, 2.05) is 35.3 Å². The highest BCUT2D eigenvalue weighted by atomic mass is 32.1. The Morgan fingerprint density at radius 2 is 1.95 bits per heavy atom. The molecule has 0 spiro atoms. The molecule has 0 heterocycles. The lowest BCUT2D eigenvalue weighted by molar-refractivity contribution is 0.139. The minimum Gasteiger partial charge on any atom is -0.375 e. The predicted octanol–water partition coefficient (Wildman–Crippen LogP) is 1.64. The number of hydrogen-bond acceptors (Lipinski definition) is 2. The molecular weight excluding hydrogens is 276 g/mol. The van der Waals surface area contributed by atoms with E-state index in [0.717, 1.165) is 5.56 Å². The summed E-state index contributed by atoms with van der Waals surface area (Å²) in [4.78, 5) is 0. The summed E-state index contributed by atoms with van der Waals surface area (Å²) in [5.74, 6) is 0. The average Bonchev–Trinajstić information content (AvgIpc) is 2.42. The van der Waals surface area contributed by atoms with E-state index in [1.54, 1.807) is 18.1 Å². The van der Waals surface area contributed by atoms with Gasteiger partial charge in [0.05, 0.1) is 13.1 Å². The molecule has 0 aromatic heterocycles. The van der Waals surface area contributed by atoms with Crippen LogP contribution in [-0.4, -0.2) is 33.8 Å². The van der Waals surface area contributed by atoms with E-state index in [-0.39, 0.29) is 5.11 Å². The normalized spacial score (nSPS) is 9.53. The third-order valence-electron chi connectivity index (χ3n) is 2.47. The van der Waals surface area contributed by atoms with Gasteiger partial charge in [0.15, 0.2) is 10.2 Å². The van der Waals surface area contributed by atoms with Gasteiger partial charge in [0.1, 0.15) is 0 Å². The quantitative estimate of drug-likeness (QED) is 0.500. The van der Waals surface area contributed by atoms with Gasteiger partial charge >= 0.3 is 0 Å². The van der Waals surface area contributed by atoms with Crippen LogP contribution >= 0.6 is 24.4 Å². The highest BCUT2D eigenvalue weighted by Gasteiger charge is 2.18. The van der Waals surface area contributed by atoms with Crippen molar-refractivity contribution in [3.63, 3.8) is 0 Å². The van der Waals surface area contributed by atoms with E-state index in [4.69, 9.17) is 30.2 Å². The lowest BCUT2D eigenvalue weighted by Gasteiger charge is -2.36. The van der Waals surface area contributed by atoms with Crippen molar-refractivity contribution in [3.05, 3.63) is 48.6 Å². The first-order valence-corrected chi connectivity index (χ1v) is 6.62.